The summed E-state index contributed by atoms with van der Waals surface area (Å²) in [7, 11) is 0. The summed E-state index contributed by atoms with van der Waals surface area (Å²) >= 11 is 0. The van der Waals surface area contributed by atoms with Gasteiger partial charge in [-0.05, 0) is 24.3 Å². The fourth-order valence-corrected chi connectivity index (χ4v) is 2.23. The van der Waals surface area contributed by atoms with Crippen molar-refractivity contribution in [1.82, 2.24) is 16.0 Å². The van der Waals surface area contributed by atoms with Gasteiger partial charge >= 0.3 is 12.0 Å². The molecule has 2 atom stereocenters. The quantitative estimate of drug-likeness (QED) is 0.106. The van der Waals surface area contributed by atoms with Crippen LogP contribution in [-0.4, -0.2) is 67.3 Å². The Morgan fingerprint density at radius 3 is 2.45 bits per heavy atom. The van der Waals surface area contributed by atoms with Crippen molar-refractivity contribution in [2.75, 3.05) is 26.3 Å². The van der Waals surface area contributed by atoms with Crippen molar-refractivity contribution in [1.29, 1.82) is 0 Å². The van der Waals surface area contributed by atoms with Crippen molar-refractivity contribution in [3.63, 3.8) is 0 Å². The fraction of sp³-hybridized carbons (Fsp3) is 0.750. The minimum Gasteiger partial charge on any atom is -0.480 e. The number of carbonyl (C=O) groups excluding carboxylic acids is 3. The SMILES string of the molecule is CC(C)C(NC(=O)CCOCCN=[N+]=[N-])C(=O)N[C@@H](CCCNC(N)=O)C(=O)O. The van der Waals surface area contributed by atoms with E-state index in [2.05, 4.69) is 26.0 Å². The van der Waals surface area contributed by atoms with Gasteiger partial charge in [0.2, 0.25) is 11.8 Å². The average molecular weight is 415 g/mol. The predicted molar refractivity (Wildman–Crippen MR) is 103 cm³/mol. The highest BCUT2D eigenvalue weighted by Crippen LogP contribution is 2.05. The molecule has 1 unspecified atom stereocenters. The van der Waals surface area contributed by atoms with E-state index in [9.17, 15) is 24.3 Å². The molecule has 0 aromatic rings. The van der Waals surface area contributed by atoms with Gasteiger partial charge in [-0.15, -0.1) is 0 Å². The Balaban J connectivity index is 4.56. The standard InChI is InChI=1S/C16H29N7O6/c1-10(2)13(22-12(24)5-8-29-9-7-20-23-18)14(25)21-11(15(26)27)4-3-6-19-16(17)28/h10-11,13H,3-9H2,1-2H3,(H,21,25)(H,22,24)(H,26,27)(H3,17,19,28)/t11-,13?/m0/s1. The van der Waals surface area contributed by atoms with Crippen LogP contribution in [0.15, 0.2) is 5.11 Å². The summed E-state index contributed by atoms with van der Waals surface area (Å²) in [4.78, 5) is 49.0. The summed E-state index contributed by atoms with van der Waals surface area (Å²) in [5.74, 6) is -2.55. The lowest BCUT2D eigenvalue weighted by molar-refractivity contribution is -0.142. The molecule has 0 aromatic carbocycles. The van der Waals surface area contributed by atoms with Gasteiger partial charge in [0, 0.05) is 24.4 Å². The Kier molecular flexibility index (Phi) is 13.4. The number of urea groups is 1. The van der Waals surface area contributed by atoms with E-state index in [4.69, 9.17) is 16.0 Å². The zero-order valence-electron chi connectivity index (χ0n) is 16.6. The van der Waals surface area contributed by atoms with Crippen LogP contribution in [0.5, 0.6) is 0 Å². The lowest BCUT2D eigenvalue weighted by atomic mass is 10.0. The van der Waals surface area contributed by atoms with Crippen molar-refractivity contribution < 1.29 is 29.0 Å². The van der Waals surface area contributed by atoms with Gasteiger partial charge in [-0.25, -0.2) is 9.59 Å². The molecule has 0 bridgehead atoms. The number of ether oxygens (including phenoxy) is 1. The first kappa shape index (κ1) is 26.0. The van der Waals surface area contributed by atoms with Crippen LogP contribution in [0.2, 0.25) is 0 Å². The van der Waals surface area contributed by atoms with Gasteiger partial charge < -0.3 is 31.5 Å². The van der Waals surface area contributed by atoms with Gasteiger partial charge in [-0.1, -0.05) is 19.0 Å². The van der Waals surface area contributed by atoms with E-state index >= 15 is 0 Å². The Morgan fingerprint density at radius 1 is 1.21 bits per heavy atom. The van der Waals surface area contributed by atoms with Crippen LogP contribution in [0.25, 0.3) is 10.4 Å². The molecule has 4 amide bonds. The molecule has 0 spiro atoms. The van der Waals surface area contributed by atoms with Crippen LogP contribution in [0.1, 0.15) is 33.1 Å². The molecule has 0 radical (unpaired) electrons. The number of carboxylic acid groups (broad SMARTS) is 1. The maximum absolute atomic E-state index is 12.5. The largest absolute Gasteiger partial charge is 0.480 e. The third-order valence-corrected chi connectivity index (χ3v) is 3.72. The number of nitrogens with two attached hydrogens (primary N) is 1. The minimum absolute atomic E-state index is 0.00604. The predicted octanol–water partition coefficient (Wildman–Crippen LogP) is -0.138. The van der Waals surface area contributed by atoms with Gasteiger partial charge in [-0.3, -0.25) is 9.59 Å². The van der Waals surface area contributed by atoms with Crippen molar-refractivity contribution in [3.05, 3.63) is 10.4 Å². The molecule has 164 valence electrons. The Labute approximate surface area is 168 Å². The molecule has 0 aliphatic rings. The summed E-state index contributed by atoms with van der Waals surface area (Å²) in [6.07, 6.45) is 0.374. The Hall–Kier alpha value is -3.05. The van der Waals surface area contributed by atoms with Crippen molar-refractivity contribution in [3.8, 4) is 0 Å². The summed E-state index contributed by atoms with van der Waals surface area (Å²) < 4.78 is 5.13. The summed E-state index contributed by atoms with van der Waals surface area (Å²) in [5.41, 5.74) is 13.1. The highest BCUT2D eigenvalue weighted by molar-refractivity contribution is 5.90. The average Bonchev–Trinajstić information content (AvgIpc) is 2.64. The van der Waals surface area contributed by atoms with Crippen LogP contribution < -0.4 is 21.7 Å². The number of amides is 4. The summed E-state index contributed by atoms with van der Waals surface area (Å²) in [6.45, 7) is 4.03. The molecule has 0 heterocycles. The van der Waals surface area contributed by atoms with Crippen molar-refractivity contribution in [2.24, 2.45) is 16.8 Å². The van der Waals surface area contributed by atoms with E-state index in [-0.39, 0.29) is 45.1 Å². The van der Waals surface area contributed by atoms with Crippen LogP contribution >= 0.6 is 0 Å². The normalized spacial score (nSPS) is 12.4. The third kappa shape index (κ3) is 12.9. The van der Waals surface area contributed by atoms with Crippen LogP contribution in [-0.2, 0) is 19.1 Å². The number of primary amides is 1. The molecule has 13 nitrogen and oxygen atoms in total. The smallest absolute Gasteiger partial charge is 0.326 e. The molecule has 29 heavy (non-hydrogen) atoms. The van der Waals surface area contributed by atoms with Crippen molar-refractivity contribution >= 4 is 23.8 Å². The number of nitrogens with zero attached hydrogens (tertiary/aromatic N) is 3. The van der Waals surface area contributed by atoms with Gasteiger partial charge in [0.25, 0.3) is 0 Å². The number of carboxylic acids is 1. The first-order valence-electron chi connectivity index (χ1n) is 9.13. The van der Waals surface area contributed by atoms with E-state index < -0.39 is 35.9 Å². The van der Waals surface area contributed by atoms with Gasteiger partial charge in [-0.2, -0.15) is 0 Å². The number of hydrogen-bond acceptors (Lipinski definition) is 6. The topological polar surface area (TPSA) is 209 Å². The van der Waals surface area contributed by atoms with Crippen LogP contribution in [0.3, 0.4) is 0 Å². The second-order valence-electron chi connectivity index (χ2n) is 6.44. The van der Waals surface area contributed by atoms with E-state index in [0.717, 1.165) is 0 Å². The molecule has 0 aromatic heterocycles. The molecule has 0 fully saturated rings. The zero-order chi connectivity index (χ0) is 22.2. The van der Waals surface area contributed by atoms with E-state index in [1.165, 1.54) is 0 Å². The molecule has 0 saturated carbocycles. The molecular formula is C16H29N7O6. The number of rotatable bonds is 15. The van der Waals surface area contributed by atoms with Gasteiger partial charge in [0.05, 0.1) is 13.2 Å². The zero-order valence-corrected chi connectivity index (χ0v) is 16.6. The molecule has 6 N–H and O–H groups in total. The second-order valence-corrected chi connectivity index (χ2v) is 6.44. The first-order chi connectivity index (χ1) is 13.7. The molecule has 0 aliphatic carbocycles. The number of azide groups is 1. The van der Waals surface area contributed by atoms with E-state index in [1.807, 2.05) is 0 Å². The van der Waals surface area contributed by atoms with Gasteiger partial charge in [0.1, 0.15) is 12.1 Å². The number of carbonyl (C=O) groups is 4. The lowest BCUT2D eigenvalue weighted by Crippen LogP contribution is -2.53. The number of aliphatic carboxylic acids is 1. The molecule has 13 heteroatoms. The molecule has 0 saturated heterocycles. The molecular weight excluding hydrogens is 386 g/mol. The Bertz CT molecular complexity index is 607. The van der Waals surface area contributed by atoms with Crippen molar-refractivity contribution in [2.45, 2.75) is 45.2 Å². The number of nitrogens with one attached hydrogen (secondary N) is 3. The summed E-state index contributed by atoms with van der Waals surface area (Å²) in [6, 6.07) is -2.80. The monoisotopic (exact) mass is 415 g/mol. The highest BCUT2D eigenvalue weighted by atomic mass is 16.5. The fourth-order valence-electron chi connectivity index (χ4n) is 2.23. The maximum atomic E-state index is 12.5. The third-order valence-electron chi connectivity index (χ3n) is 3.72. The minimum atomic E-state index is -1.22. The lowest BCUT2D eigenvalue weighted by Gasteiger charge is -2.24. The second kappa shape index (κ2) is 14.9. The maximum Gasteiger partial charge on any atom is 0.326 e. The van der Waals surface area contributed by atoms with E-state index in [1.54, 1.807) is 13.8 Å². The first-order valence-corrected chi connectivity index (χ1v) is 9.13. The number of hydrogen-bond donors (Lipinski definition) is 5. The molecule has 0 rings (SSSR count). The summed E-state index contributed by atoms with van der Waals surface area (Å²) in [5, 5.41) is 19.9. The van der Waals surface area contributed by atoms with Crippen LogP contribution in [0.4, 0.5) is 4.79 Å². The van der Waals surface area contributed by atoms with Crippen LogP contribution in [0, 0.1) is 5.92 Å². The van der Waals surface area contributed by atoms with Gasteiger partial charge in [0.15, 0.2) is 0 Å². The highest BCUT2D eigenvalue weighted by Gasteiger charge is 2.28. The van der Waals surface area contributed by atoms with E-state index in [0.29, 0.717) is 6.42 Å². The molecule has 0 aliphatic heterocycles. The Morgan fingerprint density at radius 2 is 1.90 bits per heavy atom.